The molecule has 3 aromatic carbocycles. The van der Waals surface area contributed by atoms with Crippen molar-refractivity contribution in [2.45, 2.75) is 175 Å². The van der Waals surface area contributed by atoms with Gasteiger partial charge in [0.15, 0.2) is 18.7 Å². The third-order valence-corrected chi connectivity index (χ3v) is 22.5. The van der Waals surface area contributed by atoms with Gasteiger partial charge in [-0.05, 0) is 98.7 Å². The van der Waals surface area contributed by atoms with Crippen LogP contribution < -0.4 is 30.6 Å². The van der Waals surface area contributed by atoms with E-state index in [-0.39, 0.29) is 31.2 Å². The van der Waals surface area contributed by atoms with Gasteiger partial charge in [0.05, 0.1) is 82.5 Å². The Kier molecular flexibility index (Phi) is 28.7. The summed E-state index contributed by atoms with van der Waals surface area (Å²) in [7, 11) is -13.4. The molecule has 18 atom stereocenters. The van der Waals surface area contributed by atoms with Crippen molar-refractivity contribution in [3.63, 3.8) is 0 Å². The van der Waals surface area contributed by atoms with E-state index in [1.54, 1.807) is 117 Å². The van der Waals surface area contributed by atoms with Crippen LogP contribution in [0.4, 0.5) is 0 Å². The topological polar surface area (TPSA) is 448 Å². The lowest BCUT2D eigenvalue weighted by atomic mass is 10.1. The third-order valence-electron chi connectivity index (χ3n) is 15.6. The van der Waals surface area contributed by atoms with Crippen LogP contribution in [0.2, 0.25) is 0 Å². The molecular formula is C69H93N6O27P3S3. The molecule has 3 saturated heterocycles. The van der Waals surface area contributed by atoms with Crippen molar-refractivity contribution in [3.8, 4) is 17.2 Å². The Hall–Kier alpha value is -7.02. The van der Waals surface area contributed by atoms with Crippen LogP contribution in [0.15, 0.2) is 124 Å². The van der Waals surface area contributed by atoms with Gasteiger partial charge in [-0.3, -0.25) is 56.6 Å². The molecule has 0 aliphatic carbocycles. The summed E-state index contributed by atoms with van der Waals surface area (Å²) in [5.41, 5.74) is -0.861. The highest BCUT2D eigenvalue weighted by molar-refractivity contribution is 7.71. The molecule has 0 amide bonds. The number of hydrogen-bond acceptors (Lipinski definition) is 30. The Balaban J connectivity index is 0.000000237. The third kappa shape index (κ3) is 24.5. The maximum atomic E-state index is 13.9. The number of carbonyl (C=O) groups is 3. The summed E-state index contributed by atoms with van der Waals surface area (Å²) in [5.74, 6) is -4.84. The Labute approximate surface area is 645 Å². The van der Waals surface area contributed by atoms with E-state index in [9.17, 15) is 73.1 Å². The number of hydrogen-bond donors (Lipinski definition) is 9. The molecule has 6 aromatic rings. The van der Waals surface area contributed by atoms with Crippen LogP contribution in [-0.2, 0) is 70.1 Å². The van der Waals surface area contributed by atoms with E-state index in [0.717, 1.165) is 13.7 Å². The zero-order valence-corrected chi connectivity index (χ0v) is 65.7. The molecule has 33 nitrogen and oxygen atoms in total. The molecule has 4 unspecified atom stereocenters. The highest BCUT2D eigenvalue weighted by Gasteiger charge is 2.49. The number of nitrogens with zero attached hydrogens (tertiary/aromatic N) is 3. The molecule has 0 bridgehead atoms. The number of benzene rings is 3. The number of H-pyrrole nitrogens is 3. The van der Waals surface area contributed by atoms with Crippen molar-refractivity contribution in [3.05, 3.63) is 172 Å². The van der Waals surface area contributed by atoms with Crippen LogP contribution >= 0.6 is 59.4 Å². The Morgan fingerprint density at radius 2 is 0.648 bits per heavy atom. The van der Waals surface area contributed by atoms with Crippen LogP contribution in [0.3, 0.4) is 0 Å². The number of ether oxygens (including phenoxy) is 6. The number of aromatic amines is 3. The Morgan fingerprint density at radius 1 is 0.426 bits per heavy atom. The molecule has 39 heteroatoms. The second kappa shape index (κ2) is 39.2. The number of rotatable bonds is 30. The molecule has 0 saturated carbocycles. The lowest BCUT2D eigenvalue weighted by Crippen LogP contribution is -2.36. The van der Waals surface area contributed by atoms with Crippen molar-refractivity contribution in [2.75, 3.05) is 38.2 Å². The van der Waals surface area contributed by atoms with E-state index < -0.39 is 206 Å². The molecule has 3 aliphatic rings. The van der Waals surface area contributed by atoms with Crippen molar-refractivity contribution in [1.82, 2.24) is 28.7 Å². The summed E-state index contributed by atoms with van der Waals surface area (Å²) in [5, 5.41) is 63.8. The van der Waals surface area contributed by atoms with E-state index in [2.05, 4.69) is 15.0 Å². The molecule has 3 aromatic heterocycles. The van der Waals surface area contributed by atoms with E-state index >= 15 is 0 Å². The monoisotopic (exact) mass is 1630 g/mol. The lowest BCUT2D eigenvalue weighted by molar-refractivity contribution is -0.152. The zero-order valence-electron chi connectivity index (χ0n) is 66.6. The molecular weight excluding hydrogens is 1530 g/mol. The molecule has 108 heavy (non-hydrogen) atoms. The molecule has 594 valence electrons. The largest absolute Gasteiger partial charge is 0.463 e. The van der Waals surface area contributed by atoms with Gasteiger partial charge in [0.1, 0.15) is 86.1 Å². The quantitative estimate of drug-likeness (QED) is 0.00889. The minimum absolute atomic E-state index is 0.0865. The SMILES string of the molecule is [2H]C([2H])(OP(=O)(C[C@@H](C)C(=O)OC(C)C)Oc1ccccc1)[C@@H]1O[C@H](n2cc(C)c(=S)[nH]c2=O)[C@H](O)C1O.[2H]C([2H])(O[P@@](=O)(C[C@@H](C)C(=O)OC(C)C)Oc1ccccc1)[C@@H]1O[C@H](n2cc(C)c(=S)[nH]c2=O)[C@H](O)C1O.[2H]C([2H])(O[P@](=O)(C[C@@H](C)C(=O)OC(C)C)Oc1ccccc1)[C@@H]1O[C@H](n2cc(C)c(=S)[nH]c2=O)[C@H](O)C1O. The second-order valence-corrected chi connectivity index (χ2v) is 33.2. The van der Waals surface area contributed by atoms with Crippen LogP contribution in [0, 0.1) is 52.4 Å². The van der Waals surface area contributed by atoms with Gasteiger partial charge in [0.2, 0.25) is 0 Å². The van der Waals surface area contributed by atoms with E-state index in [1.165, 1.54) is 75.8 Å². The van der Waals surface area contributed by atoms with Crippen LogP contribution in [-0.4, -0.2) is 189 Å². The van der Waals surface area contributed by atoms with Crippen molar-refractivity contribution >= 4 is 77.3 Å². The first-order chi connectivity index (χ1) is 52.9. The fourth-order valence-electron chi connectivity index (χ4n) is 10.2. The standard InChI is InChI=1S/3C23H31N2O9PS/c3*1-13(2)32-22(28)15(4)12-35(30,34-16-8-6-5-7-9-16)31-11-17-18(26)19(27)21(33-17)25-10-14(3)20(36)24-23(25)29/h3*5-10,13,15,17-19,21,26-27H,11-12H2,1-4H3,(H,24,29,36)/t15-,17+,18?,19-,21+,35?;15-,17+,18?,19-,21+,35+;15-,17+,18?,19-,21+,35-/m111/s1/i3*11D2. The maximum absolute atomic E-state index is 13.9. The fourth-order valence-corrected chi connectivity index (χ4v) is 15.7. The number of para-hydroxylation sites is 3. The summed E-state index contributed by atoms with van der Waals surface area (Å²) >= 11 is 15.1. The first-order valence-corrected chi connectivity index (χ1v) is 40.1. The fraction of sp³-hybridized carbons (Fsp3) is 0.522. The van der Waals surface area contributed by atoms with Crippen molar-refractivity contribution in [1.29, 1.82) is 0 Å². The van der Waals surface area contributed by atoms with Gasteiger partial charge < -0.3 is 72.6 Å². The number of aryl methyl sites for hydroxylation is 3. The van der Waals surface area contributed by atoms with E-state index in [1.807, 2.05) is 0 Å². The molecule has 0 spiro atoms. The number of aliphatic hydroxyl groups excluding tert-OH is 6. The van der Waals surface area contributed by atoms with E-state index in [4.69, 9.17) is 100 Å². The van der Waals surface area contributed by atoms with Gasteiger partial charge in [0.25, 0.3) is 0 Å². The zero-order chi connectivity index (χ0) is 85.2. The predicted octanol–water partition coefficient (Wildman–Crippen LogP) is 8.13. The van der Waals surface area contributed by atoms with Crippen molar-refractivity contribution < 1.29 is 123 Å². The van der Waals surface area contributed by atoms with Crippen LogP contribution in [0.25, 0.3) is 0 Å². The van der Waals surface area contributed by atoms with Crippen LogP contribution in [0.5, 0.6) is 17.2 Å². The molecule has 3 fully saturated rings. The number of aromatic nitrogens is 6. The maximum Gasteiger partial charge on any atom is 0.380 e. The summed E-state index contributed by atoms with van der Waals surface area (Å²) in [6.07, 6.45) is -20.3. The van der Waals surface area contributed by atoms with Gasteiger partial charge >= 0.3 is 57.8 Å². The summed E-state index contributed by atoms with van der Waals surface area (Å²) in [6.45, 7) is 9.95. The molecule has 6 heterocycles. The van der Waals surface area contributed by atoms with Crippen LogP contribution in [0.1, 0.15) is 106 Å². The van der Waals surface area contributed by atoms with Gasteiger partial charge in [-0.1, -0.05) is 112 Å². The normalized spacial score (nSPS) is 25.5. The molecule has 3 aliphatic heterocycles. The summed E-state index contributed by atoms with van der Waals surface area (Å²) < 4.78 is 161. The minimum Gasteiger partial charge on any atom is -0.463 e. The number of nitrogens with one attached hydrogen (secondary N) is 3. The number of aliphatic hydroxyl groups is 6. The molecule has 0 radical (unpaired) electrons. The Morgan fingerprint density at radius 3 is 0.861 bits per heavy atom. The highest BCUT2D eigenvalue weighted by Crippen LogP contribution is 2.53. The lowest BCUT2D eigenvalue weighted by Gasteiger charge is -2.24. The number of carbonyl (C=O) groups excluding carboxylic acids is 3. The van der Waals surface area contributed by atoms with Gasteiger partial charge in [0, 0.05) is 35.3 Å². The van der Waals surface area contributed by atoms with E-state index in [0.29, 0.717) is 16.7 Å². The number of esters is 3. The molecule has 9 rings (SSSR count). The second-order valence-electron chi connectivity index (χ2n) is 26.1. The van der Waals surface area contributed by atoms with Gasteiger partial charge in [-0.2, -0.15) is 0 Å². The smallest absolute Gasteiger partial charge is 0.380 e. The minimum atomic E-state index is -4.47. The predicted molar refractivity (Wildman–Crippen MR) is 397 cm³/mol. The summed E-state index contributed by atoms with van der Waals surface area (Å²) in [6, 6.07) is 23.5. The Bertz CT molecular complexity index is 4380. The van der Waals surface area contributed by atoms with Crippen molar-refractivity contribution in [2.24, 2.45) is 17.8 Å². The summed E-state index contributed by atoms with van der Waals surface area (Å²) in [4.78, 5) is 81.6. The van der Waals surface area contributed by atoms with Gasteiger partial charge in [-0.15, -0.1) is 0 Å². The van der Waals surface area contributed by atoms with Gasteiger partial charge in [-0.25, -0.2) is 28.1 Å². The average Bonchev–Trinajstić information content (AvgIpc) is 1.69. The first-order valence-electron chi connectivity index (χ1n) is 36.7. The first kappa shape index (κ1) is 79.1. The highest BCUT2D eigenvalue weighted by atomic mass is 32.1. The molecule has 9 N–H and O–H groups in total. The average molecular weight is 1630 g/mol.